The quantitative estimate of drug-likeness (QED) is 0.0914. The maximum absolute atomic E-state index is 11.6. The van der Waals surface area contributed by atoms with Crippen molar-refractivity contribution in [3.63, 3.8) is 0 Å². The number of allylic oxidation sites excluding steroid dienone is 1. The average molecular weight is 722 g/mol. The van der Waals surface area contributed by atoms with E-state index in [-0.39, 0.29) is 29.7 Å². The first kappa shape index (κ1) is 36.8. The van der Waals surface area contributed by atoms with Crippen molar-refractivity contribution < 1.29 is 14.3 Å². The molecule has 1 unspecified atom stereocenters. The van der Waals surface area contributed by atoms with Crippen LogP contribution in [0.4, 0.5) is 5.69 Å². The first-order valence-electron chi connectivity index (χ1n) is 18.9. The van der Waals surface area contributed by atoms with Crippen LogP contribution in [0.2, 0.25) is 0 Å². The fraction of sp³-hybridized carbons (Fsp3) is 0.348. The Kier molecular flexibility index (Phi) is 10.1. The van der Waals surface area contributed by atoms with Crippen LogP contribution in [0.5, 0.6) is 5.75 Å². The molecule has 1 saturated heterocycles. The smallest absolute Gasteiger partial charge is 0.196 e. The summed E-state index contributed by atoms with van der Waals surface area (Å²) in [4.78, 5) is 33.6. The first-order valence-corrected chi connectivity index (χ1v) is 18.9. The van der Waals surface area contributed by atoms with Crippen LogP contribution in [0, 0.1) is 11.3 Å². The van der Waals surface area contributed by atoms with Crippen molar-refractivity contribution in [3.05, 3.63) is 130 Å². The number of ketones is 1. The van der Waals surface area contributed by atoms with Crippen molar-refractivity contribution in [2.75, 3.05) is 25.0 Å². The number of nitrogens with one attached hydrogen (secondary N) is 1. The number of aldehydes is 1. The lowest BCUT2D eigenvalue weighted by Gasteiger charge is -2.60. The van der Waals surface area contributed by atoms with Gasteiger partial charge in [-0.2, -0.15) is 0 Å². The number of anilines is 1. The summed E-state index contributed by atoms with van der Waals surface area (Å²) < 4.78 is 8.10. The molecule has 54 heavy (non-hydrogen) atoms. The number of carbonyl (C=O) groups is 2. The normalized spacial score (nSPS) is 15.7. The number of hydrogen-bond acceptors (Lipinski definition) is 7. The number of likely N-dealkylation sites (N-methyl/N-ethyl adjacent to an activating group) is 1. The molecule has 5 aromatic rings. The van der Waals surface area contributed by atoms with Gasteiger partial charge in [0, 0.05) is 83.4 Å². The highest BCUT2D eigenvalue weighted by Crippen LogP contribution is 2.54. The molecule has 1 saturated carbocycles. The zero-order valence-electron chi connectivity index (χ0n) is 32.0. The predicted molar refractivity (Wildman–Crippen MR) is 217 cm³/mol. The molecule has 0 amide bonds. The maximum Gasteiger partial charge on any atom is 0.196 e. The van der Waals surface area contributed by atoms with Gasteiger partial charge in [-0.25, -0.2) is 9.97 Å². The highest BCUT2D eigenvalue weighted by atomic mass is 16.5. The summed E-state index contributed by atoms with van der Waals surface area (Å²) in [5.41, 5.74) is 6.92. The van der Waals surface area contributed by atoms with Gasteiger partial charge in [0.15, 0.2) is 11.6 Å². The van der Waals surface area contributed by atoms with Crippen molar-refractivity contribution in [1.29, 1.82) is 0 Å². The molecule has 7 rings (SSSR count). The third-order valence-corrected chi connectivity index (χ3v) is 11.9. The van der Waals surface area contributed by atoms with Gasteiger partial charge in [0.05, 0.1) is 11.7 Å². The first-order chi connectivity index (χ1) is 25.9. The van der Waals surface area contributed by atoms with Crippen LogP contribution in [0.25, 0.3) is 23.9 Å². The molecule has 1 aliphatic heterocycles. The SMILES string of the molecule is C=C(NC)C(CCC=O)n1c(=C)c2ccc(N3CC4(CC(Cc5ccc(C(C)(C)c6ccc(OCc7ccnc(C(C)=O)n7)cc6)cc5)C4)C3)cc2c1=C. The molecule has 8 heteroatoms. The predicted octanol–water partition coefficient (Wildman–Crippen LogP) is 7.07. The molecule has 8 nitrogen and oxygen atoms in total. The Hall–Kier alpha value is -5.50. The number of aromatic nitrogens is 3. The van der Waals surface area contributed by atoms with Gasteiger partial charge in [-0.1, -0.05) is 76.0 Å². The molecular formula is C46H51N5O3. The Bertz CT molecular complexity index is 2290. The zero-order chi connectivity index (χ0) is 38.2. The minimum absolute atomic E-state index is 0.0792. The number of benzene rings is 3. The number of fused-ring (bicyclic) bond motifs is 1. The lowest BCUT2D eigenvalue weighted by molar-refractivity contribution is -0.108. The summed E-state index contributed by atoms with van der Waals surface area (Å²) in [6, 6.07) is 25.8. The van der Waals surface area contributed by atoms with Crippen LogP contribution in [-0.2, 0) is 23.2 Å². The minimum atomic E-state index is -0.162. The molecule has 1 aliphatic carbocycles. The van der Waals surface area contributed by atoms with Crippen LogP contribution in [0.1, 0.15) is 85.5 Å². The van der Waals surface area contributed by atoms with E-state index < -0.39 is 0 Å². The van der Waals surface area contributed by atoms with E-state index in [4.69, 9.17) is 4.74 Å². The van der Waals surface area contributed by atoms with Gasteiger partial charge in [-0.05, 0) is 78.6 Å². The Morgan fingerprint density at radius 2 is 1.67 bits per heavy atom. The van der Waals surface area contributed by atoms with E-state index in [2.05, 4.69) is 113 Å². The van der Waals surface area contributed by atoms with Crippen molar-refractivity contribution >= 4 is 41.7 Å². The average Bonchev–Trinajstić information content (AvgIpc) is 3.39. The molecule has 2 fully saturated rings. The van der Waals surface area contributed by atoms with Crippen LogP contribution in [0.15, 0.2) is 91.3 Å². The van der Waals surface area contributed by atoms with E-state index >= 15 is 0 Å². The van der Waals surface area contributed by atoms with Crippen molar-refractivity contribution in [2.45, 2.75) is 70.9 Å². The molecule has 1 atom stereocenters. The number of carbonyl (C=O) groups excluding carboxylic acids is 2. The second kappa shape index (κ2) is 14.7. The van der Waals surface area contributed by atoms with Gasteiger partial charge in [-0.3, -0.25) is 4.79 Å². The Morgan fingerprint density at radius 1 is 1.00 bits per heavy atom. The third-order valence-electron chi connectivity index (χ3n) is 11.9. The fourth-order valence-electron chi connectivity index (χ4n) is 8.71. The number of Topliss-reactive ketones (excluding diaryl/α,β-unsaturated/α-hetero) is 1. The Labute approximate surface area is 318 Å². The summed E-state index contributed by atoms with van der Waals surface area (Å²) >= 11 is 0. The summed E-state index contributed by atoms with van der Waals surface area (Å²) in [5, 5.41) is 7.22. The van der Waals surface area contributed by atoms with Crippen molar-refractivity contribution in [2.24, 2.45) is 11.3 Å². The summed E-state index contributed by atoms with van der Waals surface area (Å²) in [6.45, 7) is 21.5. The van der Waals surface area contributed by atoms with Gasteiger partial charge < -0.3 is 24.3 Å². The molecule has 0 bridgehead atoms. The molecule has 1 spiro atoms. The van der Waals surface area contributed by atoms with Gasteiger partial charge in [0.25, 0.3) is 0 Å². The summed E-state index contributed by atoms with van der Waals surface area (Å²) in [7, 11) is 1.86. The molecular weight excluding hydrogens is 671 g/mol. The minimum Gasteiger partial charge on any atom is -0.487 e. The highest BCUT2D eigenvalue weighted by Gasteiger charge is 2.52. The molecule has 1 N–H and O–H groups in total. The van der Waals surface area contributed by atoms with Gasteiger partial charge >= 0.3 is 0 Å². The van der Waals surface area contributed by atoms with Crippen LogP contribution in [0.3, 0.4) is 0 Å². The monoisotopic (exact) mass is 721 g/mol. The molecule has 2 aromatic heterocycles. The number of nitrogens with zero attached hydrogens (tertiary/aromatic N) is 4. The van der Waals surface area contributed by atoms with Gasteiger partial charge in [-0.15, -0.1) is 0 Å². The Balaban J connectivity index is 0.924. The Morgan fingerprint density at radius 3 is 2.31 bits per heavy atom. The van der Waals surface area contributed by atoms with Crippen molar-refractivity contribution in [3.8, 4) is 5.75 Å². The van der Waals surface area contributed by atoms with E-state index in [0.29, 0.717) is 24.0 Å². The number of ether oxygens (including phenoxy) is 1. The third kappa shape index (κ3) is 7.09. The molecule has 278 valence electrons. The van der Waals surface area contributed by atoms with E-state index in [1.54, 1.807) is 12.3 Å². The topological polar surface area (TPSA) is 89.4 Å². The lowest BCUT2D eigenvalue weighted by atomic mass is 9.56. The molecule has 0 radical (unpaired) electrons. The van der Waals surface area contributed by atoms with Crippen molar-refractivity contribution in [1.82, 2.24) is 19.9 Å². The van der Waals surface area contributed by atoms with Gasteiger partial charge in [0.1, 0.15) is 18.6 Å². The maximum atomic E-state index is 11.6. The van der Waals surface area contributed by atoms with Crippen LogP contribution >= 0.6 is 0 Å². The van der Waals surface area contributed by atoms with E-state index in [9.17, 15) is 9.59 Å². The van der Waals surface area contributed by atoms with Gasteiger partial charge in [0.2, 0.25) is 0 Å². The second-order valence-electron chi connectivity index (χ2n) is 15.9. The van der Waals surface area contributed by atoms with E-state index in [0.717, 1.165) is 64.6 Å². The van der Waals surface area contributed by atoms with Crippen LogP contribution < -0.4 is 25.7 Å². The van der Waals surface area contributed by atoms with E-state index in [1.807, 2.05) is 19.2 Å². The number of rotatable bonds is 15. The highest BCUT2D eigenvalue weighted by molar-refractivity contribution is 5.90. The molecule has 3 aromatic carbocycles. The zero-order valence-corrected chi connectivity index (χ0v) is 32.0. The standard InChI is InChI=1S/C46H51N5O3/c1-30(47-7)43(9-8-22-52)51-31(2)41-19-16-39(24-42(41)32(51)3)50-28-46(29-50)25-35(26-46)23-34-10-12-36(13-11-34)45(5,6)37-14-17-40(18-15-37)54-27-38-20-21-48-44(49-38)33(4)53/h10-22,24,35,43,47H,1-3,8-9,23,25-29H2,4-7H3. The molecule has 3 heterocycles. The van der Waals surface area contributed by atoms with Crippen LogP contribution in [-0.4, -0.2) is 46.7 Å². The number of hydrogen-bond donors (Lipinski definition) is 1. The second-order valence-corrected chi connectivity index (χ2v) is 15.9. The summed E-state index contributed by atoms with van der Waals surface area (Å²) in [5.74, 6) is 1.52. The lowest BCUT2D eigenvalue weighted by Crippen LogP contribution is -2.62. The summed E-state index contributed by atoms with van der Waals surface area (Å²) in [6.07, 6.45) is 7.32. The van der Waals surface area contributed by atoms with E-state index in [1.165, 1.54) is 42.1 Å². The largest absolute Gasteiger partial charge is 0.487 e. The fourth-order valence-corrected chi connectivity index (χ4v) is 8.71. The molecule has 2 aliphatic rings.